The van der Waals surface area contributed by atoms with Gasteiger partial charge in [-0.15, -0.1) is 0 Å². The van der Waals surface area contributed by atoms with Gasteiger partial charge in [-0.05, 0) is 25.0 Å². The molecule has 124 valence electrons. The van der Waals surface area contributed by atoms with E-state index < -0.39 is 0 Å². The summed E-state index contributed by atoms with van der Waals surface area (Å²) in [6.07, 6.45) is 4.87. The zero-order valence-corrected chi connectivity index (χ0v) is 13.4. The number of aromatic nitrogens is 4. The monoisotopic (exact) mass is 325 g/mol. The van der Waals surface area contributed by atoms with Gasteiger partial charge in [-0.25, -0.2) is 9.97 Å². The van der Waals surface area contributed by atoms with E-state index in [4.69, 9.17) is 4.74 Å². The van der Waals surface area contributed by atoms with Crippen LogP contribution in [0.3, 0.4) is 0 Å². The molecule has 1 aliphatic rings. The first-order valence-electron chi connectivity index (χ1n) is 8.01. The Hall–Kier alpha value is -2.51. The number of anilines is 2. The van der Waals surface area contributed by atoms with Crippen LogP contribution in [-0.2, 0) is 4.74 Å². The Kier molecular flexibility index (Phi) is 3.87. The SMILES string of the molecule is CN(c1ccccc1)c1ncnc2c(C3CCC(CO)O3)cnn12. The fraction of sp³-hybridized carbons (Fsp3) is 0.353. The fourth-order valence-corrected chi connectivity index (χ4v) is 3.11. The Labute approximate surface area is 139 Å². The van der Waals surface area contributed by atoms with Crippen molar-refractivity contribution in [3.8, 4) is 0 Å². The quantitative estimate of drug-likeness (QED) is 0.792. The number of fused-ring (bicyclic) bond motifs is 1. The van der Waals surface area contributed by atoms with Gasteiger partial charge in [0, 0.05) is 18.3 Å². The van der Waals surface area contributed by atoms with Gasteiger partial charge in [0.2, 0.25) is 5.95 Å². The smallest absolute Gasteiger partial charge is 0.234 e. The number of aliphatic hydroxyl groups is 1. The average Bonchev–Trinajstić information content (AvgIpc) is 3.28. The number of para-hydroxylation sites is 1. The first kappa shape index (κ1) is 15.0. The maximum atomic E-state index is 9.26. The molecule has 2 unspecified atom stereocenters. The molecule has 0 bridgehead atoms. The molecule has 0 radical (unpaired) electrons. The standard InChI is InChI=1S/C17H19N5O2/c1-21(12-5-3-2-4-6-12)17-19-11-18-16-14(9-20-22(16)17)15-8-7-13(10-23)24-15/h2-6,9,11,13,15,23H,7-8,10H2,1H3. The fourth-order valence-electron chi connectivity index (χ4n) is 3.11. The number of aliphatic hydroxyl groups excluding tert-OH is 1. The van der Waals surface area contributed by atoms with Crippen LogP contribution in [0.15, 0.2) is 42.9 Å². The minimum Gasteiger partial charge on any atom is -0.394 e. The second-order valence-electron chi connectivity index (χ2n) is 5.91. The van der Waals surface area contributed by atoms with Gasteiger partial charge in [-0.3, -0.25) is 0 Å². The van der Waals surface area contributed by atoms with Gasteiger partial charge in [-0.2, -0.15) is 9.61 Å². The van der Waals surface area contributed by atoms with Gasteiger partial charge in [0.25, 0.3) is 0 Å². The molecule has 2 atom stereocenters. The number of benzene rings is 1. The molecule has 0 spiro atoms. The van der Waals surface area contributed by atoms with Gasteiger partial charge in [-0.1, -0.05) is 18.2 Å². The molecule has 2 aromatic heterocycles. The molecule has 7 heteroatoms. The molecule has 7 nitrogen and oxygen atoms in total. The van der Waals surface area contributed by atoms with Crippen molar-refractivity contribution in [2.45, 2.75) is 25.0 Å². The van der Waals surface area contributed by atoms with Crippen LogP contribution < -0.4 is 4.90 Å². The van der Waals surface area contributed by atoms with E-state index in [1.807, 2.05) is 42.3 Å². The van der Waals surface area contributed by atoms with Crippen LogP contribution in [0.5, 0.6) is 0 Å². The molecule has 0 saturated carbocycles. The maximum Gasteiger partial charge on any atom is 0.234 e. The lowest BCUT2D eigenvalue weighted by atomic mass is 10.1. The lowest BCUT2D eigenvalue weighted by Crippen LogP contribution is -2.16. The Balaban J connectivity index is 1.72. The molecular formula is C17H19N5O2. The van der Waals surface area contributed by atoms with E-state index in [1.165, 1.54) is 0 Å². The number of nitrogens with zero attached hydrogens (tertiary/aromatic N) is 5. The third-order valence-corrected chi connectivity index (χ3v) is 4.42. The summed E-state index contributed by atoms with van der Waals surface area (Å²) in [7, 11) is 1.95. The van der Waals surface area contributed by atoms with Gasteiger partial charge in [0.1, 0.15) is 6.33 Å². The number of rotatable bonds is 4. The Bertz CT molecular complexity index is 835. The largest absolute Gasteiger partial charge is 0.394 e. The summed E-state index contributed by atoms with van der Waals surface area (Å²) in [5, 5.41) is 13.7. The highest BCUT2D eigenvalue weighted by Crippen LogP contribution is 2.34. The van der Waals surface area contributed by atoms with E-state index in [1.54, 1.807) is 17.0 Å². The molecule has 0 amide bonds. The van der Waals surface area contributed by atoms with E-state index in [0.29, 0.717) is 5.95 Å². The zero-order chi connectivity index (χ0) is 16.5. The van der Waals surface area contributed by atoms with Crippen molar-refractivity contribution >= 4 is 17.3 Å². The lowest BCUT2D eigenvalue weighted by molar-refractivity contribution is 0.0115. The van der Waals surface area contributed by atoms with Crippen LogP contribution in [0, 0.1) is 0 Å². The van der Waals surface area contributed by atoms with Crippen LogP contribution in [-0.4, -0.2) is 44.4 Å². The average molecular weight is 325 g/mol. The van der Waals surface area contributed by atoms with E-state index in [9.17, 15) is 5.11 Å². The lowest BCUT2D eigenvalue weighted by Gasteiger charge is -2.18. The molecule has 24 heavy (non-hydrogen) atoms. The van der Waals surface area contributed by atoms with E-state index in [0.717, 1.165) is 29.7 Å². The van der Waals surface area contributed by atoms with E-state index in [2.05, 4.69) is 15.1 Å². The van der Waals surface area contributed by atoms with Crippen LogP contribution in [0.1, 0.15) is 24.5 Å². The van der Waals surface area contributed by atoms with Crippen LogP contribution in [0.2, 0.25) is 0 Å². The van der Waals surface area contributed by atoms with E-state index in [-0.39, 0.29) is 18.8 Å². The Morgan fingerprint density at radius 3 is 2.83 bits per heavy atom. The molecule has 0 aliphatic carbocycles. The molecular weight excluding hydrogens is 306 g/mol. The normalized spacial score (nSPS) is 20.6. The van der Waals surface area contributed by atoms with Crippen LogP contribution in [0.4, 0.5) is 11.6 Å². The van der Waals surface area contributed by atoms with Crippen molar-refractivity contribution in [3.05, 3.63) is 48.4 Å². The zero-order valence-electron chi connectivity index (χ0n) is 13.4. The number of hydrogen-bond donors (Lipinski definition) is 1. The summed E-state index contributed by atoms with van der Waals surface area (Å²) in [5.41, 5.74) is 2.70. The van der Waals surface area contributed by atoms with Crippen molar-refractivity contribution in [1.82, 2.24) is 19.6 Å². The third-order valence-electron chi connectivity index (χ3n) is 4.42. The Morgan fingerprint density at radius 2 is 2.08 bits per heavy atom. The molecule has 1 aromatic carbocycles. The topological polar surface area (TPSA) is 75.8 Å². The third kappa shape index (κ3) is 2.51. The molecule has 3 heterocycles. The van der Waals surface area contributed by atoms with Crippen molar-refractivity contribution < 1.29 is 9.84 Å². The molecule has 1 aliphatic heterocycles. The molecule has 1 N–H and O–H groups in total. The Morgan fingerprint density at radius 1 is 1.25 bits per heavy atom. The highest BCUT2D eigenvalue weighted by Gasteiger charge is 2.29. The van der Waals surface area contributed by atoms with Gasteiger partial charge < -0.3 is 14.7 Å². The van der Waals surface area contributed by atoms with Crippen LogP contribution in [0.25, 0.3) is 5.65 Å². The van der Waals surface area contributed by atoms with Crippen molar-refractivity contribution in [1.29, 1.82) is 0 Å². The van der Waals surface area contributed by atoms with Crippen LogP contribution >= 0.6 is 0 Å². The summed E-state index contributed by atoms with van der Waals surface area (Å²) in [6, 6.07) is 9.99. The molecule has 1 fully saturated rings. The first-order chi connectivity index (χ1) is 11.8. The minimum absolute atomic E-state index is 0.0483. The predicted molar refractivity (Wildman–Crippen MR) is 89.2 cm³/mol. The van der Waals surface area contributed by atoms with Gasteiger partial charge >= 0.3 is 0 Å². The van der Waals surface area contributed by atoms with Crippen molar-refractivity contribution in [2.75, 3.05) is 18.6 Å². The number of ether oxygens (including phenoxy) is 1. The molecule has 1 saturated heterocycles. The number of hydrogen-bond acceptors (Lipinski definition) is 6. The predicted octanol–water partition coefficient (Wildman–Crippen LogP) is 2.10. The summed E-state index contributed by atoms with van der Waals surface area (Å²) in [4.78, 5) is 10.8. The van der Waals surface area contributed by atoms with Gasteiger partial charge in [0.05, 0.1) is 25.0 Å². The molecule has 3 aromatic rings. The highest BCUT2D eigenvalue weighted by atomic mass is 16.5. The summed E-state index contributed by atoms with van der Waals surface area (Å²) in [6.45, 7) is 0.0483. The van der Waals surface area contributed by atoms with E-state index >= 15 is 0 Å². The second-order valence-corrected chi connectivity index (χ2v) is 5.91. The summed E-state index contributed by atoms with van der Waals surface area (Å²) >= 11 is 0. The highest BCUT2D eigenvalue weighted by molar-refractivity contribution is 5.60. The van der Waals surface area contributed by atoms with Crippen molar-refractivity contribution in [2.24, 2.45) is 0 Å². The minimum atomic E-state index is -0.0988. The summed E-state index contributed by atoms with van der Waals surface area (Å²) in [5.74, 6) is 0.689. The maximum absolute atomic E-state index is 9.26. The van der Waals surface area contributed by atoms with Gasteiger partial charge in [0.15, 0.2) is 5.65 Å². The van der Waals surface area contributed by atoms with Crippen molar-refractivity contribution in [3.63, 3.8) is 0 Å². The molecule has 4 rings (SSSR count). The second kappa shape index (κ2) is 6.18. The first-order valence-corrected chi connectivity index (χ1v) is 8.01. The summed E-state index contributed by atoms with van der Waals surface area (Å²) < 4.78 is 7.60.